The Morgan fingerprint density at radius 2 is 1.92 bits per heavy atom. The summed E-state index contributed by atoms with van der Waals surface area (Å²) < 4.78 is 10.1. The third-order valence-electron chi connectivity index (χ3n) is 4.65. The average molecular weight is 357 g/mol. The molecule has 0 saturated carbocycles. The smallest absolute Gasteiger partial charge is 0.338 e. The maximum absolute atomic E-state index is 12.7. The molecule has 2 rings (SSSR count). The number of nitrogens with two attached hydrogens (primary N) is 1. The zero-order chi connectivity index (χ0) is 17.0. The summed E-state index contributed by atoms with van der Waals surface area (Å²) in [6.07, 6.45) is 1.20. The predicted octanol–water partition coefficient (Wildman–Crippen LogP) is 2.21. The summed E-state index contributed by atoms with van der Waals surface area (Å²) in [5.74, 6) is -0.538. The number of benzene rings is 1. The molecule has 0 aromatic heterocycles. The number of hydrogen-bond donors (Lipinski definition) is 2. The molecule has 0 radical (unpaired) electrons. The maximum Gasteiger partial charge on any atom is 0.338 e. The van der Waals surface area contributed by atoms with Crippen LogP contribution in [0.2, 0.25) is 0 Å². The van der Waals surface area contributed by atoms with Crippen LogP contribution in [-0.4, -0.2) is 38.7 Å². The monoisotopic (exact) mass is 356 g/mol. The van der Waals surface area contributed by atoms with Crippen LogP contribution in [-0.2, 0) is 14.3 Å². The predicted molar refractivity (Wildman–Crippen MR) is 94.7 cm³/mol. The minimum Gasteiger partial charge on any atom is -0.465 e. The molecule has 0 bridgehead atoms. The van der Waals surface area contributed by atoms with E-state index in [2.05, 4.69) is 5.32 Å². The van der Waals surface area contributed by atoms with E-state index >= 15 is 0 Å². The van der Waals surface area contributed by atoms with Gasteiger partial charge in [-0.05, 0) is 49.9 Å². The van der Waals surface area contributed by atoms with Crippen molar-refractivity contribution in [3.05, 3.63) is 28.8 Å². The second-order valence-corrected chi connectivity index (χ2v) is 6.01. The van der Waals surface area contributed by atoms with E-state index in [1.165, 1.54) is 7.11 Å². The summed E-state index contributed by atoms with van der Waals surface area (Å²) in [7, 11) is 1.34. The van der Waals surface area contributed by atoms with Gasteiger partial charge >= 0.3 is 5.97 Å². The van der Waals surface area contributed by atoms with Gasteiger partial charge in [-0.2, -0.15) is 0 Å². The fourth-order valence-electron chi connectivity index (χ4n) is 2.80. The number of ether oxygens (including phenoxy) is 2. The lowest BCUT2D eigenvalue weighted by molar-refractivity contribution is -0.130. The Labute approximate surface area is 148 Å². The molecule has 1 aromatic rings. The van der Waals surface area contributed by atoms with Crippen LogP contribution in [0.15, 0.2) is 12.1 Å². The van der Waals surface area contributed by atoms with Crippen LogP contribution in [0.5, 0.6) is 0 Å². The number of rotatable bonds is 4. The molecular formula is C17H25ClN2O4. The number of aryl methyl sites for hydroxylation is 1. The average Bonchev–Trinajstić information content (AvgIpc) is 2.57. The van der Waals surface area contributed by atoms with Gasteiger partial charge in [0.15, 0.2) is 0 Å². The van der Waals surface area contributed by atoms with Crippen LogP contribution >= 0.6 is 12.4 Å². The standard InChI is InChI=1S/C17H24N2O4.ClH/c1-11-8-13(9-14(12(11)2)15(20)22-3)19-16(21)17(10-18)4-6-23-7-5-17;/h8-9H,4-7,10,18H2,1-3H3,(H,19,21);1H. The molecule has 1 aliphatic rings. The lowest BCUT2D eigenvalue weighted by Gasteiger charge is -2.34. The number of anilines is 1. The first-order valence-electron chi connectivity index (χ1n) is 7.72. The minimum absolute atomic E-state index is 0. The summed E-state index contributed by atoms with van der Waals surface area (Å²) in [6.45, 7) is 5.09. The Bertz CT molecular complexity index is 613. The first-order chi connectivity index (χ1) is 10.9. The Kier molecular flexibility index (Phi) is 7.20. The molecule has 0 unspecified atom stereocenters. The molecule has 0 atom stereocenters. The number of amides is 1. The number of halogens is 1. The van der Waals surface area contributed by atoms with Crippen molar-refractivity contribution < 1.29 is 19.1 Å². The van der Waals surface area contributed by atoms with Gasteiger partial charge in [0.05, 0.1) is 18.1 Å². The van der Waals surface area contributed by atoms with Crippen LogP contribution in [0.4, 0.5) is 5.69 Å². The van der Waals surface area contributed by atoms with Gasteiger partial charge in [-0.15, -0.1) is 12.4 Å². The molecule has 134 valence electrons. The van der Waals surface area contributed by atoms with Gasteiger partial charge in [0.2, 0.25) is 5.91 Å². The normalized spacial score (nSPS) is 16.0. The third kappa shape index (κ3) is 4.06. The highest BCUT2D eigenvalue weighted by Crippen LogP contribution is 2.31. The summed E-state index contributed by atoms with van der Waals surface area (Å²) in [6, 6.07) is 3.50. The van der Waals surface area contributed by atoms with Crippen LogP contribution in [0.1, 0.15) is 34.3 Å². The molecule has 0 spiro atoms. The zero-order valence-corrected chi connectivity index (χ0v) is 15.1. The van der Waals surface area contributed by atoms with Crippen LogP contribution in [0.25, 0.3) is 0 Å². The van der Waals surface area contributed by atoms with Gasteiger partial charge in [-0.25, -0.2) is 4.79 Å². The van der Waals surface area contributed by atoms with Gasteiger partial charge in [-0.3, -0.25) is 4.79 Å². The van der Waals surface area contributed by atoms with Crippen molar-refractivity contribution in [3.8, 4) is 0 Å². The first kappa shape index (κ1) is 20.4. The summed E-state index contributed by atoms with van der Waals surface area (Å²) in [4.78, 5) is 24.6. The zero-order valence-electron chi connectivity index (χ0n) is 14.3. The summed E-state index contributed by atoms with van der Waals surface area (Å²) >= 11 is 0. The molecule has 24 heavy (non-hydrogen) atoms. The maximum atomic E-state index is 12.7. The second-order valence-electron chi connectivity index (χ2n) is 6.01. The lowest BCUT2D eigenvalue weighted by atomic mass is 9.79. The Morgan fingerprint density at radius 1 is 1.29 bits per heavy atom. The van der Waals surface area contributed by atoms with Crippen LogP contribution < -0.4 is 11.1 Å². The second kappa shape index (κ2) is 8.46. The van der Waals surface area contributed by atoms with Crippen molar-refractivity contribution in [2.45, 2.75) is 26.7 Å². The van der Waals surface area contributed by atoms with E-state index in [9.17, 15) is 9.59 Å². The van der Waals surface area contributed by atoms with E-state index in [0.717, 1.165) is 11.1 Å². The fourth-order valence-corrected chi connectivity index (χ4v) is 2.80. The van der Waals surface area contributed by atoms with E-state index in [1.807, 2.05) is 19.9 Å². The topological polar surface area (TPSA) is 90.7 Å². The number of carbonyl (C=O) groups excluding carboxylic acids is 2. The SMILES string of the molecule is COC(=O)c1cc(NC(=O)C2(CN)CCOCC2)cc(C)c1C.Cl. The molecule has 1 fully saturated rings. The first-order valence-corrected chi connectivity index (χ1v) is 7.72. The van der Waals surface area contributed by atoms with Gasteiger partial charge in [0.25, 0.3) is 0 Å². The molecule has 1 saturated heterocycles. The number of hydrogen-bond acceptors (Lipinski definition) is 5. The van der Waals surface area contributed by atoms with Crippen molar-refractivity contribution in [3.63, 3.8) is 0 Å². The molecule has 1 aromatic carbocycles. The van der Waals surface area contributed by atoms with E-state index in [1.54, 1.807) is 6.07 Å². The van der Waals surface area contributed by atoms with Gasteiger partial charge < -0.3 is 20.5 Å². The Morgan fingerprint density at radius 3 is 2.46 bits per heavy atom. The highest BCUT2D eigenvalue weighted by Gasteiger charge is 2.38. The van der Waals surface area contributed by atoms with Gasteiger partial charge in [-0.1, -0.05) is 0 Å². The molecule has 1 amide bonds. The van der Waals surface area contributed by atoms with E-state index < -0.39 is 11.4 Å². The number of esters is 1. The third-order valence-corrected chi connectivity index (χ3v) is 4.65. The number of methoxy groups -OCH3 is 1. The van der Waals surface area contributed by atoms with E-state index in [-0.39, 0.29) is 24.9 Å². The van der Waals surface area contributed by atoms with Crippen LogP contribution in [0.3, 0.4) is 0 Å². The van der Waals surface area contributed by atoms with Crippen molar-refractivity contribution >= 4 is 30.0 Å². The van der Waals surface area contributed by atoms with Crippen molar-refractivity contribution in [2.75, 3.05) is 32.2 Å². The molecule has 7 heteroatoms. The van der Waals surface area contributed by atoms with Crippen LogP contribution in [0, 0.1) is 19.3 Å². The fraction of sp³-hybridized carbons (Fsp3) is 0.529. The largest absolute Gasteiger partial charge is 0.465 e. The molecule has 1 heterocycles. The molecule has 0 aliphatic carbocycles. The number of carbonyl (C=O) groups is 2. The molecule has 3 N–H and O–H groups in total. The van der Waals surface area contributed by atoms with Crippen molar-refractivity contribution in [1.82, 2.24) is 0 Å². The Hall–Kier alpha value is -1.63. The molecule has 6 nitrogen and oxygen atoms in total. The summed E-state index contributed by atoms with van der Waals surface area (Å²) in [5.41, 5.74) is 8.04. The molecule has 1 aliphatic heterocycles. The van der Waals surface area contributed by atoms with E-state index in [4.69, 9.17) is 15.2 Å². The van der Waals surface area contributed by atoms with Crippen molar-refractivity contribution in [2.24, 2.45) is 11.1 Å². The highest BCUT2D eigenvalue weighted by atomic mass is 35.5. The number of nitrogens with one attached hydrogen (secondary N) is 1. The minimum atomic E-state index is -0.609. The van der Waals surface area contributed by atoms with E-state index in [0.29, 0.717) is 37.3 Å². The van der Waals surface area contributed by atoms with Gasteiger partial charge in [0, 0.05) is 25.4 Å². The highest BCUT2D eigenvalue weighted by molar-refractivity contribution is 5.98. The summed E-state index contributed by atoms with van der Waals surface area (Å²) in [5, 5.41) is 2.91. The Balaban J connectivity index is 0.00000288. The quantitative estimate of drug-likeness (QED) is 0.807. The lowest BCUT2D eigenvalue weighted by Crippen LogP contribution is -2.46. The van der Waals surface area contributed by atoms with Gasteiger partial charge in [0.1, 0.15) is 0 Å². The van der Waals surface area contributed by atoms with Crippen molar-refractivity contribution in [1.29, 1.82) is 0 Å². The molecular weight excluding hydrogens is 332 g/mol.